The van der Waals surface area contributed by atoms with Crippen LogP contribution in [0.4, 0.5) is 20.2 Å². The average Bonchev–Trinajstić information content (AvgIpc) is 1.62. The van der Waals surface area contributed by atoms with E-state index in [9.17, 15) is 48.6 Å². The standard InChI is InChI=1S/C67H92F2N14O10/c1-7-54(86)74-58(39(4)44-15-17-50(48(68)34-44)72-64(90)60(56(41-9-10-41)42-11-12-42)76-62(88)52-19-21-70-82(52)29-31-84)66(92)80-27-24-79(25-28-80)37-46-33-47(46)57(43-13-14-43)61(77-63(89)53-20-22-71-83(53)30-32-85)65(91)73-51-18-16-45(35-49(51)69)40(5)59(75-55(87)8-2)67(93)81-26-23-78(6)38(3)36-81/h15-22,34-35,38-43,46-47,56-61,84-85H,7-14,23-33,36-37H2,1-6H3,(H,72,90)(H,73,91)(H,74,86)(H,75,87)(H,76,88)(H,77,89)/t38-,39+,40+,46?,47?,57?,58-,59-,60+,61+/m1/s1. The van der Waals surface area contributed by atoms with Crippen LogP contribution in [0.3, 0.4) is 0 Å². The predicted molar refractivity (Wildman–Crippen MR) is 341 cm³/mol. The van der Waals surface area contributed by atoms with Crippen molar-refractivity contribution in [3.05, 3.63) is 95.1 Å². The largest absolute Gasteiger partial charge is 0.394 e. The van der Waals surface area contributed by atoms with Gasteiger partial charge in [-0.25, -0.2) is 8.78 Å². The second kappa shape index (κ2) is 30.2. The highest BCUT2D eigenvalue weighted by Crippen LogP contribution is 2.55. The van der Waals surface area contributed by atoms with Gasteiger partial charge >= 0.3 is 0 Å². The van der Waals surface area contributed by atoms with Gasteiger partial charge in [0, 0.05) is 95.5 Å². The van der Waals surface area contributed by atoms with E-state index in [-0.39, 0.29) is 133 Å². The zero-order valence-electron chi connectivity index (χ0n) is 54.2. The first-order valence-corrected chi connectivity index (χ1v) is 33.4. The Labute approximate surface area is 541 Å². The van der Waals surface area contributed by atoms with Crippen LogP contribution in [0.5, 0.6) is 0 Å². The van der Waals surface area contributed by atoms with Crippen molar-refractivity contribution in [3.8, 4) is 0 Å². The number of rotatable bonds is 30. The van der Waals surface area contributed by atoms with E-state index in [0.29, 0.717) is 63.5 Å². The van der Waals surface area contributed by atoms with Gasteiger partial charge in [0.05, 0.1) is 37.7 Å². The summed E-state index contributed by atoms with van der Waals surface area (Å²) in [6.45, 7) is 12.5. The molecule has 4 aliphatic carbocycles. The lowest BCUT2D eigenvalue weighted by molar-refractivity contribution is -0.139. The van der Waals surface area contributed by atoms with Gasteiger partial charge in [-0.2, -0.15) is 10.2 Å². The fourth-order valence-electron chi connectivity index (χ4n) is 14.0. The van der Waals surface area contributed by atoms with Crippen LogP contribution in [-0.2, 0) is 41.9 Å². The number of carbonyl (C=O) groups excluding carboxylic acids is 8. The van der Waals surface area contributed by atoms with Crippen molar-refractivity contribution < 1.29 is 57.4 Å². The predicted octanol–water partition coefficient (Wildman–Crippen LogP) is 3.92. The zero-order valence-corrected chi connectivity index (χ0v) is 54.2. The highest BCUT2D eigenvalue weighted by Gasteiger charge is 2.54. The number of benzene rings is 2. The number of aromatic nitrogens is 4. The molecule has 6 aliphatic rings. The number of nitrogens with one attached hydrogen (secondary N) is 6. The molecule has 504 valence electrons. The molecule has 2 aromatic carbocycles. The molecule has 2 aliphatic heterocycles. The third-order valence-electron chi connectivity index (χ3n) is 20.2. The van der Waals surface area contributed by atoms with E-state index in [1.165, 1.54) is 58.2 Å². The van der Waals surface area contributed by atoms with Crippen LogP contribution < -0.4 is 31.9 Å². The van der Waals surface area contributed by atoms with Gasteiger partial charge in [-0.15, -0.1) is 0 Å². The number of likely N-dealkylation sites (N-methyl/N-ethyl adjacent to an activating group) is 1. The van der Waals surface area contributed by atoms with Crippen LogP contribution in [0.1, 0.15) is 136 Å². The molecule has 10 rings (SSSR count). The smallest absolute Gasteiger partial charge is 0.270 e. The third kappa shape index (κ3) is 16.5. The SMILES string of the molecule is CCC(=O)N[C@@H](C(=O)N1CCN(CC2CC2C(C2CC2)[C@H](NC(=O)c2ccnn2CCO)C(=O)Nc2ccc([C@H](C)[C@@H](NC(=O)CC)C(=O)N3CCN(C)[C@H](C)C3)cc2F)CC1)[C@@H](C)c1ccc(NC(=O)[C@@H](NC(=O)c2ccnn2CCO)C(C2CC2)C2CC2)c(F)c1. The molecular formula is C67H92F2N14O10. The summed E-state index contributed by atoms with van der Waals surface area (Å²) in [7, 11) is 1.99. The van der Waals surface area contributed by atoms with Crippen molar-refractivity contribution in [3.63, 3.8) is 0 Å². The summed E-state index contributed by atoms with van der Waals surface area (Å²) in [5, 5.41) is 44.9. The summed E-state index contributed by atoms with van der Waals surface area (Å²) in [5.41, 5.74) is 0.964. The van der Waals surface area contributed by atoms with Crippen LogP contribution in [0, 0.1) is 53.1 Å². The fourth-order valence-corrected chi connectivity index (χ4v) is 14.0. The van der Waals surface area contributed by atoms with E-state index in [2.05, 4.69) is 51.9 Å². The topological polar surface area (TPSA) is 298 Å². The second-order valence-electron chi connectivity index (χ2n) is 26.6. The number of hydrogen-bond acceptors (Lipinski definition) is 14. The summed E-state index contributed by atoms with van der Waals surface area (Å²) in [6.07, 6.45) is 9.24. The summed E-state index contributed by atoms with van der Waals surface area (Å²) in [4.78, 5) is 119. The van der Waals surface area contributed by atoms with Crippen LogP contribution in [-0.4, -0.2) is 199 Å². The molecule has 0 spiro atoms. The number of aliphatic hydroxyl groups is 2. The molecule has 0 radical (unpaired) electrons. The number of aliphatic hydroxyl groups excluding tert-OH is 2. The average molecular weight is 1290 g/mol. The molecule has 4 saturated carbocycles. The molecular weight excluding hydrogens is 1200 g/mol. The minimum atomic E-state index is -1.10. The lowest BCUT2D eigenvalue weighted by atomic mass is 9.87. The Bertz CT molecular complexity index is 3350. The van der Waals surface area contributed by atoms with Gasteiger partial charge in [0.1, 0.15) is 47.2 Å². The Morgan fingerprint density at radius 1 is 0.581 bits per heavy atom. The number of halogens is 2. The van der Waals surface area contributed by atoms with Crippen molar-refractivity contribution in [1.29, 1.82) is 0 Å². The number of amides is 8. The zero-order chi connectivity index (χ0) is 66.4. The van der Waals surface area contributed by atoms with Gasteiger partial charge < -0.3 is 56.8 Å². The molecule has 6 fully saturated rings. The van der Waals surface area contributed by atoms with Gasteiger partial charge in [0.15, 0.2) is 0 Å². The summed E-state index contributed by atoms with van der Waals surface area (Å²) in [6, 6.07) is 7.69. The van der Waals surface area contributed by atoms with E-state index < -0.39 is 71.3 Å². The molecule has 10 atom stereocenters. The van der Waals surface area contributed by atoms with Gasteiger partial charge in [-0.1, -0.05) is 39.8 Å². The summed E-state index contributed by atoms with van der Waals surface area (Å²) in [5.74, 6) is -6.17. The second-order valence-corrected chi connectivity index (χ2v) is 26.6. The first kappa shape index (κ1) is 68.2. The number of piperazine rings is 2. The Morgan fingerprint density at radius 2 is 1.02 bits per heavy atom. The number of hydrogen-bond donors (Lipinski definition) is 8. The van der Waals surface area contributed by atoms with Gasteiger partial charge in [0.25, 0.3) is 11.8 Å². The minimum absolute atomic E-state index is 0.00156. The minimum Gasteiger partial charge on any atom is -0.394 e. The van der Waals surface area contributed by atoms with Crippen molar-refractivity contribution in [2.75, 3.05) is 83.3 Å². The van der Waals surface area contributed by atoms with Crippen LogP contribution in [0.25, 0.3) is 0 Å². The Hall–Kier alpha value is -7.68. The lowest BCUT2D eigenvalue weighted by Gasteiger charge is -2.40. The fraction of sp³-hybridized carbons (Fsp3) is 0.612. The quantitative estimate of drug-likeness (QED) is 0.0367. The third-order valence-corrected chi connectivity index (χ3v) is 20.2. The van der Waals surface area contributed by atoms with E-state index in [1.807, 2.05) is 14.0 Å². The maximum atomic E-state index is 16.5. The first-order valence-electron chi connectivity index (χ1n) is 33.4. The summed E-state index contributed by atoms with van der Waals surface area (Å²) < 4.78 is 35.5. The normalized spacial score (nSPS) is 21.6. The van der Waals surface area contributed by atoms with Crippen LogP contribution in [0.2, 0.25) is 0 Å². The van der Waals surface area contributed by atoms with Crippen molar-refractivity contribution in [2.24, 2.45) is 41.4 Å². The molecule has 0 bridgehead atoms. The van der Waals surface area contributed by atoms with E-state index >= 15 is 8.78 Å². The monoisotopic (exact) mass is 1290 g/mol. The van der Waals surface area contributed by atoms with Gasteiger partial charge in [-0.05, 0) is 148 Å². The lowest BCUT2D eigenvalue weighted by Crippen LogP contribution is -2.58. The van der Waals surface area contributed by atoms with Crippen molar-refractivity contribution >= 4 is 58.6 Å². The first-order chi connectivity index (χ1) is 44.7. The number of nitrogens with zero attached hydrogens (tertiary/aromatic N) is 8. The Balaban J connectivity index is 0.788. The molecule has 8 amide bonds. The molecule has 2 aromatic heterocycles. The molecule has 8 N–H and O–H groups in total. The Kier molecular flexibility index (Phi) is 22.1. The van der Waals surface area contributed by atoms with E-state index in [1.54, 1.807) is 49.6 Å². The van der Waals surface area contributed by atoms with Crippen molar-refractivity contribution in [1.82, 2.24) is 60.4 Å². The van der Waals surface area contributed by atoms with Crippen LogP contribution >= 0.6 is 0 Å². The maximum absolute atomic E-state index is 16.5. The maximum Gasteiger partial charge on any atom is 0.270 e. The highest BCUT2D eigenvalue weighted by atomic mass is 19.1. The highest BCUT2D eigenvalue weighted by molar-refractivity contribution is 6.02. The summed E-state index contributed by atoms with van der Waals surface area (Å²) >= 11 is 0. The molecule has 3 unspecified atom stereocenters. The Morgan fingerprint density at radius 3 is 1.45 bits per heavy atom. The molecule has 26 heteroatoms. The van der Waals surface area contributed by atoms with Crippen molar-refractivity contribution in [2.45, 2.75) is 148 Å². The molecule has 4 heterocycles. The molecule has 93 heavy (non-hydrogen) atoms. The number of carbonyl (C=O) groups is 8. The van der Waals surface area contributed by atoms with E-state index in [4.69, 9.17) is 0 Å². The molecule has 2 saturated heterocycles. The van der Waals surface area contributed by atoms with Gasteiger partial charge in [-0.3, -0.25) is 52.6 Å². The van der Waals surface area contributed by atoms with Crippen LogP contribution in [0.15, 0.2) is 60.9 Å². The van der Waals surface area contributed by atoms with E-state index in [0.717, 1.165) is 44.9 Å². The molecule has 4 aromatic rings. The van der Waals surface area contributed by atoms with Gasteiger partial charge in [0.2, 0.25) is 35.4 Å². The molecule has 24 nitrogen and oxygen atoms in total. The number of anilines is 2.